The number of hydrogen-bond acceptors (Lipinski definition) is 4. The number of aliphatic hydroxyl groups excluding tert-OH is 1. The van der Waals surface area contributed by atoms with Crippen LogP contribution in [0.1, 0.15) is 25.7 Å². The number of carbonyl (C=O) groups is 2. The van der Waals surface area contributed by atoms with Crippen molar-refractivity contribution in [3.63, 3.8) is 0 Å². The molecule has 2 N–H and O–H groups in total. The lowest BCUT2D eigenvalue weighted by Gasteiger charge is -2.21. The molecule has 1 aliphatic heterocycles. The quantitative estimate of drug-likeness (QED) is 0.809. The molecule has 26 heavy (non-hydrogen) atoms. The smallest absolute Gasteiger partial charge is 0.325 e. The molecule has 4 rings (SSSR count). The molecular weight excluding hydrogens is 332 g/mol. The lowest BCUT2D eigenvalue weighted by atomic mass is 9.98. The number of β-amino-alcohol motifs (C(OH)–C–C–N with tert-alkyl or cyclic N) is 1. The van der Waals surface area contributed by atoms with Crippen molar-refractivity contribution in [2.45, 2.75) is 37.3 Å². The van der Waals surface area contributed by atoms with E-state index in [0.29, 0.717) is 18.6 Å². The summed E-state index contributed by atoms with van der Waals surface area (Å²) in [6, 6.07) is 13.2. The zero-order chi connectivity index (χ0) is 18.1. The molecule has 2 aliphatic rings. The first kappa shape index (κ1) is 16.8. The van der Waals surface area contributed by atoms with Crippen molar-refractivity contribution in [3.05, 3.63) is 42.5 Å². The zero-order valence-corrected chi connectivity index (χ0v) is 14.5. The van der Waals surface area contributed by atoms with Crippen molar-refractivity contribution < 1.29 is 19.4 Å². The fourth-order valence-electron chi connectivity index (χ4n) is 3.93. The van der Waals surface area contributed by atoms with Crippen molar-refractivity contribution in [3.8, 4) is 5.75 Å². The van der Waals surface area contributed by atoms with Crippen molar-refractivity contribution in [2.75, 3.05) is 13.2 Å². The van der Waals surface area contributed by atoms with Crippen molar-refractivity contribution in [2.24, 2.45) is 0 Å². The number of hydrogen-bond donors (Lipinski definition) is 2. The average Bonchev–Trinajstić information content (AvgIpc) is 3.21. The summed E-state index contributed by atoms with van der Waals surface area (Å²) in [6.45, 7) is -0.0464. The van der Waals surface area contributed by atoms with Crippen LogP contribution in [0, 0.1) is 0 Å². The number of nitrogens with one attached hydrogen (secondary N) is 1. The van der Waals surface area contributed by atoms with Gasteiger partial charge in [-0.2, -0.15) is 0 Å². The lowest BCUT2D eigenvalue weighted by Crippen LogP contribution is -2.45. The van der Waals surface area contributed by atoms with Crippen LogP contribution in [0.5, 0.6) is 5.75 Å². The molecule has 1 spiro atoms. The molecule has 2 aromatic rings. The number of fused-ring (bicyclic) bond motifs is 1. The minimum Gasteiger partial charge on any atom is -0.490 e. The second-order valence-electron chi connectivity index (χ2n) is 7.08. The molecule has 1 heterocycles. The van der Waals surface area contributed by atoms with Crippen LogP contribution in [0.3, 0.4) is 0 Å². The molecule has 3 amide bonds. The molecule has 6 heteroatoms. The number of carbonyl (C=O) groups excluding carboxylic acids is 2. The summed E-state index contributed by atoms with van der Waals surface area (Å²) in [5.41, 5.74) is -0.743. The second-order valence-corrected chi connectivity index (χ2v) is 7.08. The molecule has 0 aromatic heterocycles. The SMILES string of the molecule is O=C1NC2(CCCC2)C(=O)N1C[C@H](O)COc1cccc2ccccc12. The minimum atomic E-state index is -0.944. The van der Waals surface area contributed by atoms with Crippen LogP contribution in [0.2, 0.25) is 0 Å². The monoisotopic (exact) mass is 354 g/mol. The van der Waals surface area contributed by atoms with E-state index in [0.717, 1.165) is 28.5 Å². The molecule has 1 saturated carbocycles. The number of benzene rings is 2. The van der Waals surface area contributed by atoms with Gasteiger partial charge in [-0.3, -0.25) is 9.69 Å². The van der Waals surface area contributed by atoms with E-state index in [-0.39, 0.29) is 19.1 Å². The Bertz CT molecular complexity index is 839. The molecule has 1 aliphatic carbocycles. The maximum Gasteiger partial charge on any atom is 0.325 e. The third kappa shape index (κ3) is 2.90. The standard InChI is InChI=1S/C20H22N2O4/c23-15(12-22-18(24)20(21-19(22)25)10-3-4-11-20)13-26-17-9-5-7-14-6-1-2-8-16(14)17/h1-2,5-9,15,23H,3-4,10-13H2,(H,21,25)/t15-/m0/s1. The third-order valence-electron chi connectivity index (χ3n) is 5.28. The average molecular weight is 354 g/mol. The fraction of sp³-hybridized carbons (Fsp3) is 0.400. The Labute approximate surface area is 151 Å². The van der Waals surface area contributed by atoms with Gasteiger partial charge in [0.25, 0.3) is 5.91 Å². The number of imide groups is 1. The largest absolute Gasteiger partial charge is 0.490 e. The Balaban J connectivity index is 1.40. The van der Waals surface area contributed by atoms with Gasteiger partial charge >= 0.3 is 6.03 Å². The minimum absolute atomic E-state index is 0.0120. The molecule has 0 bridgehead atoms. The summed E-state index contributed by atoms with van der Waals surface area (Å²) in [5.74, 6) is 0.454. The van der Waals surface area contributed by atoms with Gasteiger partial charge < -0.3 is 15.2 Å². The highest BCUT2D eigenvalue weighted by Gasteiger charge is 2.52. The summed E-state index contributed by atoms with van der Waals surface area (Å²) in [6.07, 6.45) is 2.28. The Morgan fingerprint density at radius 3 is 2.65 bits per heavy atom. The molecule has 136 valence electrons. The van der Waals surface area contributed by atoms with Crippen LogP contribution in [-0.4, -0.2) is 46.7 Å². The van der Waals surface area contributed by atoms with Crippen molar-refractivity contribution >= 4 is 22.7 Å². The predicted molar refractivity (Wildman–Crippen MR) is 96.9 cm³/mol. The molecule has 1 atom stereocenters. The van der Waals surface area contributed by atoms with E-state index in [1.165, 1.54) is 0 Å². The third-order valence-corrected chi connectivity index (χ3v) is 5.28. The van der Waals surface area contributed by atoms with Gasteiger partial charge in [0.05, 0.1) is 6.54 Å². The lowest BCUT2D eigenvalue weighted by molar-refractivity contribution is -0.132. The molecule has 0 radical (unpaired) electrons. The first-order chi connectivity index (χ1) is 12.6. The summed E-state index contributed by atoms with van der Waals surface area (Å²) in [4.78, 5) is 25.9. The molecule has 0 unspecified atom stereocenters. The van der Waals surface area contributed by atoms with E-state index in [1.807, 2.05) is 42.5 Å². The zero-order valence-electron chi connectivity index (χ0n) is 14.5. The molecule has 6 nitrogen and oxygen atoms in total. The van der Waals surface area contributed by atoms with Crippen molar-refractivity contribution in [1.82, 2.24) is 10.2 Å². The van der Waals surface area contributed by atoms with Gasteiger partial charge in [0, 0.05) is 5.39 Å². The van der Waals surface area contributed by atoms with E-state index in [1.54, 1.807) is 0 Å². The van der Waals surface area contributed by atoms with Gasteiger partial charge in [-0.1, -0.05) is 49.2 Å². The van der Waals surface area contributed by atoms with Crippen LogP contribution in [0.4, 0.5) is 4.79 Å². The normalized spacial score (nSPS) is 20.0. The van der Waals surface area contributed by atoms with Gasteiger partial charge in [0.1, 0.15) is 24.0 Å². The molecule has 2 fully saturated rings. The van der Waals surface area contributed by atoms with Gasteiger partial charge in [0.2, 0.25) is 0 Å². The predicted octanol–water partition coefficient (Wildman–Crippen LogP) is 2.44. The van der Waals surface area contributed by atoms with Crippen LogP contribution in [0.15, 0.2) is 42.5 Å². The summed E-state index contributed by atoms with van der Waals surface area (Å²) in [5, 5.41) is 15.1. The van der Waals surface area contributed by atoms with Gasteiger partial charge in [-0.15, -0.1) is 0 Å². The number of nitrogens with zero attached hydrogens (tertiary/aromatic N) is 1. The Morgan fingerprint density at radius 2 is 1.85 bits per heavy atom. The topological polar surface area (TPSA) is 78.9 Å². The van der Waals surface area contributed by atoms with E-state index in [9.17, 15) is 14.7 Å². The number of ether oxygens (including phenoxy) is 1. The second kappa shape index (κ2) is 6.61. The maximum atomic E-state index is 12.6. The maximum absolute atomic E-state index is 12.6. The molecule has 1 saturated heterocycles. The van der Waals surface area contributed by atoms with Gasteiger partial charge in [0.15, 0.2) is 0 Å². The molecular formula is C20H22N2O4. The fourth-order valence-corrected chi connectivity index (χ4v) is 3.93. The first-order valence-corrected chi connectivity index (χ1v) is 9.02. The van der Waals surface area contributed by atoms with E-state index in [4.69, 9.17) is 4.74 Å². The van der Waals surface area contributed by atoms with E-state index >= 15 is 0 Å². The number of amides is 3. The Hall–Kier alpha value is -2.60. The highest BCUT2D eigenvalue weighted by molar-refractivity contribution is 6.07. The van der Waals surface area contributed by atoms with Crippen LogP contribution in [-0.2, 0) is 4.79 Å². The number of rotatable bonds is 5. The first-order valence-electron chi connectivity index (χ1n) is 9.02. The van der Waals surface area contributed by atoms with Crippen LogP contribution >= 0.6 is 0 Å². The summed E-state index contributed by atoms with van der Waals surface area (Å²) in [7, 11) is 0. The van der Waals surface area contributed by atoms with E-state index < -0.39 is 17.7 Å². The van der Waals surface area contributed by atoms with Gasteiger partial charge in [-0.05, 0) is 24.3 Å². The number of urea groups is 1. The summed E-state index contributed by atoms with van der Waals surface area (Å²) >= 11 is 0. The van der Waals surface area contributed by atoms with Crippen molar-refractivity contribution in [1.29, 1.82) is 0 Å². The van der Waals surface area contributed by atoms with E-state index in [2.05, 4.69) is 5.32 Å². The Morgan fingerprint density at radius 1 is 1.12 bits per heavy atom. The highest BCUT2D eigenvalue weighted by atomic mass is 16.5. The Kier molecular flexibility index (Phi) is 4.28. The van der Waals surface area contributed by atoms with Crippen LogP contribution < -0.4 is 10.1 Å². The summed E-state index contributed by atoms with van der Waals surface area (Å²) < 4.78 is 5.76. The highest BCUT2D eigenvalue weighted by Crippen LogP contribution is 2.35. The number of aliphatic hydroxyl groups is 1. The van der Waals surface area contributed by atoms with Gasteiger partial charge in [-0.25, -0.2) is 4.79 Å². The molecule has 2 aromatic carbocycles. The van der Waals surface area contributed by atoms with Crippen LogP contribution in [0.25, 0.3) is 10.8 Å².